The van der Waals surface area contributed by atoms with E-state index in [9.17, 15) is 9.18 Å². The molecule has 2 rings (SSSR count). The standard InChI is InChI=1S/C14H19FN2O/c1-2-17-8-4-7-13(17)10-16-14(18)11-5-3-6-12(15)9-11/h3,5-6,9,13H,2,4,7-8,10H2,1H3,(H,16,18)/t13-/m1/s1. The van der Waals surface area contributed by atoms with Crippen molar-refractivity contribution in [1.82, 2.24) is 10.2 Å². The number of nitrogens with zero attached hydrogens (tertiary/aromatic N) is 1. The van der Waals surface area contributed by atoms with Gasteiger partial charge >= 0.3 is 0 Å². The van der Waals surface area contributed by atoms with E-state index in [4.69, 9.17) is 0 Å². The molecule has 1 aliphatic heterocycles. The average molecular weight is 250 g/mol. The maximum atomic E-state index is 13.0. The van der Waals surface area contributed by atoms with Crippen molar-refractivity contribution in [2.45, 2.75) is 25.8 Å². The van der Waals surface area contributed by atoms with Gasteiger partial charge in [0.25, 0.3) is 5.91 Å². The summed E-state index contributed by atoms with van der Waals surface area (Å²) >= 11 is 0. The van der Waals surface area contributed by atoms with Crippen LogP contribution in [-0.4, -0.2) is 36.5 Å². The van der Waals surface area contributed by atoms with E-state index in [1.165, 1.54) is 18.6 Å². The molecule has 1 atom stereocenters. The number of likely N-dealkylation sites (tertiary alicyclic amines) is 1. The first-order valence-electron chi connectivity index (χ1n) is 6.48. The van der Waals surface area contributed by atoms with Crippen molar-refractivity contribution >= 4 is 5.91 Å². The molecule has 0 aromatic heterocycles. The Morgan fingerprint density at radius 1 is 1.56 bits per heavy atom. The van der Waals surface area contributed by atoms with E-state index in [1.54, 1.807) is 12.1 Å². The van der Waals surface area contributed by atoms with Crippen molar-refractivity contribution in [3.63, 3.8) is 0 Å². The molecule has 1 aromatic rings. The highest BCUT2D eigenvalue weighted by Gasteiger charge is 2.23. The number of rotatable bonds is 4. The molecule has 0 radical (unpaired) electrons. The normalized spacial score (nSPS) is 20.0. The van der Waals surface area contributed by atoms with Crippen molar-refractivity contribution in [3.05, 3.63) is 35.6 Å². The predicted molar refractivity (Wildman–Crippen MR) is 69.0 cm³/mol. The third-order valence-electron chi connectivity index (χ3n) is 3.49. The summed E-state index contributed by atoms with van der Waals surface area (Å²) in [6.45, 7) is 4.90. The summed E-state index contributed by atoms with van der Waals surface area (Å²) in [5.41, 5.74) is 0.385. The molecule has 1 fully saturated rings. The maximum absolute atomic E-state index is 13.0. The largest absolute Gasteiger partial charge is 0.350 e. The fraction of sp³-hybridized carbons (Fsp3) is 0.500. The number of likely N-dealkylation sites (N-methyl/N-ethyl adjacent to an activating group) is 1. The zero-order chi connectivity index (χ0) is 13.0. The van der Waals surface area contributed by atoms with E-state index >= 15 is 0 Å². The first-order valence-corrected chi connectivity index (χ1v) is 6.48. The molecule has 0 saturated carbocycles. The Hall–Kier alpha value is -1.42. The van der Waals surface area contributed by atoms with Crippen LogP contribution in [0.5, 0.6) is 0 Å². The van der Waals surface area contributed by atoms with E-state index in [0.717, 1.165) is 19.5 Å². The third-order valence-corrected chi connectivity index (χ3v) is 3.49. The highest BCUT2D eigenvalue weighted by molar-refractivity contribution is 5.94. The minimum atomic E-state index is -0.376. The van der Waals surface area contributed by atoms with Gasteiger partial charge in [-0.25, -0.2) is 4.39 Å². The van der Waals surface area contributed by atoms with Gasteiger partial charge in [0.1, 0.15) is 5.82 Å². The van der Waals surface area contributed by atoms with Crippen LogP contribution in [0.15, 0.2) is 24.3 Å². The van der Waals surface area contributed by atoms with Crippen molar-refractivity contribution < 1.29 is 9.18 Å². The lowest BCUT2D eigenvalue weighted by Crippen LogP contribution is -2.40. The molecule has 1 saturated heterocycles. The zero-order valence-corrected chi connectivity index (χ0v) is 10.7. The molecule has 0 unspecified atom stereocenters. The molecule has 3 nitrogen and oxygen atoms in total. The molecule has 18 heavy (non-hydrogen) atoms. The first kappa shape index (κ1) is 13.0. The number of amides is 1. The third kappa shape index (κ3) is 3.07. The van der Waals surface area contributed by atoms with Crippen molar-refractivity contribution in [3.8, 4) is 0 Å². The zero-order valence-electron chi connectivity index (χ0n) is 10.7. The van der Waals surface area contributed by atoms with Crippen LogP contribution in [0.1, 0.15) is 30.1 Å². The van der Waals surface area contributed by atoms with Gasteiger partial charge in [0, 0.05) is 18.2 Å². The second-order valence-corrected chi connectivity index (χ2v) is 4.65. The molecular weight excluding hydrogens is 231 g/mol. The summed E-state index contributed by atoms with van der Waals surface area (Å²) in [6, 6.07) is 6.21. The lowest BCUT2D eigenvalue weighted by Gasteiger charge is -2.22. The fourth-order valence-corrected chi connectivity index (χ4v) is 2.48. The van der Waals surface area contributed by atoms with Crippen LogP contribution >= 0.6 is 0 Å². The van der Waals surface area contributed by atoms with Gasteiger partial charge in [-0.05, 0) is 44.1 Å². The number of hydrogen-bond donors (Lipinski definition) is 1. The summed E-state index contributed by atoms with van der Waals surface area (Å²) in [6.07, 6.45) is 2.31. The Balaban J connectivity index is 1.88. The van der Waals surface area contributed by atoms with Crippen molar-refractivity contribution in [2.24, 2.45) is 0 Å². The van der Waals surface area contributed by atoms with Gasteiger partial charge in [-0.1, -0.05) is 13.0 Å². The minimum Gasteiger partial charge on any atom is -0.350 e. The topological polar surface area (TPSA) is 32.3 Å². The Kier molecular flexibility index (Phi) is 4.31. The van der Waals surface area contributed by atoms with Crippen LogP contribution in [0, 0.1) is 5.82 Å². The van der Waals surface area contributed by atoms with Gasteiger partial charge in [0.15, 0.2) is 0 Å². The van der Waals surface area contributed by atoms with Gasteiger partial charge in [-0.2, -0.15) is 0 Å². The lowest BCUT2D eigenvalue weighted by atomic mass is 10.2. The molecule has 1 heterocycles. The van der Waals surface area contributed by atoms with Crippen LogP contribution in [0.4, 0.5) is 4.39 Å². The molecule has 1 aromatic carbocycles. The maximum Gasteiger partial charge on any atom is 0.251 e. The van der Waals surface area contributed by atoms with Crippen LogP contribution in [0.3, 0.4) is 0 Å². The number of nitrogens with one attached hydrogen (secondary N) is 1. The number of hydrogen-bond acceptors (Lipinski definition) is 2. The lowest BCUT2D eigenvalue weighted by molar-refractivity contribution is 0.0941. The van der Waals surface area contributed by atoms with Gasteiger partial charge < -0.3 is 5.32 Å². The monoisotopic (exact) mass is 250 g/mol. The summed E-state index contributed by atoms with van der Waals surface area (Å²) < 4.78 is 13.0. The Bertz CT molecular complexity index is 422. The molecule has 0 bridgehead atoms. The van der Waals surface area contributed by atoms with Gasteiger partial charge in [0.05, 0.1) is 0 Å². The quantitative estimate of drug-likeness (QED) is 0.887. The molecule has 0 aliphatic carbocycles. The van der Waals surface area contributed by atoms with Crippen molar-refractivity contribution in [2.75, 3.05) is 19.6 Å². The highest BCUT2D eigenvalue weighted by atomic mass is 19.1. The molecule has 0 spiro atoms. The summed E-state index contributed by atoms with van der Waals surface area (Å²) in [4.78, 5) is 14.2. The van der Waals surface area contributed by atoms with Crippen LogP contribution in [-0.2, 0) is 0 Å². The SMILES string of the molecule is CCN1CCC[C@@H]1CNC(=O)c1cccc(F)c1. The van der Waals surface area contributed by atoms with Crippen LogP contribution in [0.25, 0.3) is 0 Å². The second-order valence-electron chi connectivity index (χ2n) is 4.65. The van der Waals surface area contributed by atoms with E-state index in [1.807, 2.05) is 0 Å². The average Bonchev–Trinajstić information content (AvgIpc) is 2.83. The fourth-order valence-electron chi connectivity index (χ4n) is 2.48. The minimum absolute atomic E-state index is 0.197. The van der Waals surface area contributed by atoms with Crippen LogP contribution < -0.4 is 5.32 Å². The van der Waals surface area contributed by atoms with Crippen LogP contribution in [0.2, 0.25) is 0 Å². The molecular formula is C14H19FN2O. The van der Waals surface area contributed by atoms with Crippen molar-refractivity contribution in [1.29, 1.82) is 0 Å². The van der Waals surface area contributed by atoms with Gasteiger partial charge in [-0.3, -0.25) is 9.69 Å². The second kappa shape index (κ2) is 5.96. The number of halogens is 1. The first-order chi connectivity index (χ1) is 8.70. The van der Waals surface area contributed by atoms with E-state index in [-0.39, 0.29) is 11.7 Å². The molecule has 1 aliphatic rings. The predicted octanol–water partition coefficient (Wildman–Crippen LogP) is 2.04. The summed E-state index contributed by atoms with van der Waals surface area (Å²) in [5.74, 6) is -0.573. The van der Waals surface area contributed by atoms with E-state index in [0.29, 0.717) is 18.2 Å². The Morgan fingerprint density at radius 3 is 3.11 bits per heavy atom. The number of carbonyl (C=O) groups is 1. The molecule has 4 heteroatoms. The molecule has 1 amide bonds. The van der Waals surface area contributed by atoms with E-state index < -0.39 is 0 Å². The smallest absolute Gasteiger partial charge is 0.251 e. The number of benzene rings is 1. The number of carbonyl (C=O) groups excluding carboxylic acids is 1. The molecule has 1 N–H and O–H groups in total. The van der Waals surface area contributed by atoms with Gasteiger partial charge in [-0.15, -0.1) is 0 Å². The summed E-state index contributed by atoms with van der Waals surface area (Å²) in [7, 11) is 0. The van der Waals surface area contributed by atoms with Gasteiger partial charge in [0.2, 0.25) is 0 Å². The Morgan fingerprint density at radius 2 is 2.39 bits per heavy atom. The Labute approximate surface area is 107 Å². The van der Waals surface area contributed by atoms with E-state index in [2.05, 4.69) is 17.1 Å². The highest BCUT2D eigenvalue weighted by Crippen LogP contribution is 2.15. The summed E-state index contributed by atoms with van der Waals surface area (Å²) in [5, 5.41) is 2.89. The molecule has 98 valence electrons.